The number of likely N-dealkylation sites (N-methyl/N-ethyl adjacent to an activating group) is 1. The molecule has 2 amide bonds. The molecular formula is C13H28IN5O2. The maximum Gasteiger partial charge on any atom is 0.243 e. The predicted molar refractivity (Wildman–Crippen MR) is 96.0 cm³/mol. The zero-order valence-corrected chi connectivity index (χ0v) is 15.9. The van der Waals surface area contributed by atoms with Gasteiger partial charge in [0, 0.05) is 39.6 Å². The van der Waals surface area contributed by atoms with Gasteiger partial charge in [0.05, 0.1) is 0 Å². The van der Waals surface area contributed by atoms with Crippen LogP contribution in [-0.4, -0.2) is 62.4 Å². The van der Waals surface area contributed by atoms with Gasteiger partial charge >= 0.3 is 0 Å². The number of guanidine groups is 1. The van der Waals surface area contributed by atoms with Gasteiger partial charge in [0.15, 0.2) is 5.96 Å². The highest BCUT2D eigenvalue weighted by molar-refractivity contribution is 14.0. The van der Waals surface area contributed by atoms with E-state index in [1.807, 2.05) is 20.8 Å². The molecule has 8 heteroatoms. The Balaban J connectivity index is 0. The molecule has 0 aromatic heterocycles. The van der Waals surface area contributed by atoms with Crippen molar-refractivity contribution < 1.29 is 9.59 Å². The van der Waals surface area contributed by atoms with Crippen LogP contribution in [0.1, 0.15) is 27.2 Å². The molecular weight excluding hydrogens is 385 g/mol. The zero-order valence-electron chi connectivity index (χ0n) is 13.5. The topological polar surface area (TPSA) is 85.8 Å². The van der Waals surface area contributed by atoms with Crippen LogP contribution in [0.25, 0.3) is 0 Å². The van der Waals surface area contributed by atoms with Gasteiger partial charge in [0.2, 0.25) is 11.8 Å². The standard InChI is InChI=1S/C13H27N5O2.HI/c1-6-14-13(16-9-12(20)18(4)5)15-8-7-11(19)17-10(2)3;/h10H,6-9H2,1-5H3,(H,17,19)(H2,14,15,16);1H. The highest BCUT2D eigenvalue weighted by Gasteiger charge is 2.05. The lowest BCUT2D eigenvalue weighted by Gasteiger charge is -2.13. The van der Waals surface area contributed by atoms with E-state index >= 15 is 0 Å². The Bertz CT molecular complexity index is 345. The summed E-state index contributed by atoms with van der Waals surface area (Å²) >= 11 is 0. The second-order valence-corrected chi connectivity index (χ2v) is 4.88. The van der Waals surface area contributed by atoms with E-state index in [0.29, 0.717) is 25.5 Å². The Kier molecular flexibility index (Phi) is 13.4. The molecule has 0 spiro atoms. The largest absolute Gasteiger partial charge is 0.357 e. The Labute approximate surface area is 144 Å². The molecule has 0 saturated carbocycles. The number of aliphatic imine (C=N–C) groups is 1. The van der Waals surface area contributed by atoms with Gasteiger partial charge in [-0.3, -0.25) is 9.59 Å². The zero-order chi connectivity index (χ0) is 15.5. The SMILES string of the molecule is CCNC(=NCC(=O)N(C)C)NCCC(=O)NC(C)C.I. The number of rotatable bonds is 7. The fourth-order valence-electron chi connectivity index (χ4n) is 1.32. The summed E-state index contributed by atoms with van der Waals surface area (Å²) in [4.78, 5) is 28.6. The third-order valence-electron chi connectivity index (χ3n) is 2.31. The molecule has 3 N–H and O–H groups in total. The molecule has 0 aliphatic heterocycles. The van der Waals surface area contributed by atoms with Gasteiger partial charge in [-0.05, 0) is 20.8 Å². The van der Waals surface area contributed by atoms with Crippen molar-refractivity contribution in [3.63, 3.8) is 0 Å². The molecule has 0 bridgehead atoms. The van der Waals surface area contributed by atoms with Crippen molar-refractivity contribution in [3.05, 3.63) is 0 Å². The van der Waals surface area contributed by atoms with Crippen LogP contribution >= 0.6 is 24.0 Å². The second kappa shape index (κ2) is 12.7. The van der Waals surface area contributed by atoms with Gasteiger partial charge in [-0.1, -0.05) is 0 Å². The Morgan fingerprint density at radius 1 is 1.19 bits per heavy atom. The monoisotopic (exact) mass is 413 g/mol. The Morgan fingerprint density at radius 2 is 1.81 bits per heavy atom. The summed E-state index contributed by atoms with van der Waals surface area (Å²) in [6, 6.07) is 0.141. The van der Waals surface area contributed by atoms with Crippen LogP contribution < -0.4 is 16.0 Å². The van der Waals surface area contributed by atoms with Gasteiger partial charge in [-0.25, -0.2) is 4.99 Å². The molecule has 0 unspecified atom stereocenters. The van der Waals surface area contributed by atoms with Crippen molar-refractivity contribution in [1.82, 2.24) is 20.9 Å². The summed E-state index contributed by atoms with van der Waals surface area (Å²) in [5, 5.41) is 8.87. The number of halogens is 1. The smallest absolute Gasteiger partial charge is 0.243 e. The summed E-state index contributed by atoms with van der Waals surface area (Å²) < 4.78 is 0. The summed E-state index contributed by atoms with van der Waals surface area (Å²) in [6.07, 6.45) is 0.365. The molecule has 0 rings (SSSR count). The van der Waals surface area contributed by atoms with Crippen LogP contribution in [0.4, 0.5) is 0 Å². The fourth-order valence-corrected chi connectivity index (χ4v) is 1.32. The van der Waals surface area contributed by atoms with Crippen LogP contribution in [0.15, 0.2) is 4.99 Å². The summed E-state index contributed by atoms with van der Waals surface area (Å²) in [5.74, 6) is 0.465. The maximum absolute atomic E-state index is 11.5. The van der Waals surface area contributed by atoms with E-state index in [-0.39, 0.29) is 48.4 Å². The molecule has 0 atom stereocenters. The number of hydrogen-bond donors (Lipinski definition) is 3. The van der Waals surface area contributed by atoms with E-state index < -0.39 is 0 Å². The lowest BCUT2D eigenvalue weighted by molar-refractivity contribution is -0.127. The minimum atomic E-state index is -0.0697. The van der Waals surface area contributed by atoms with Crippen molar-refractivity contribution in [1.29, 1.82) is 0 Å². The lowest BCUT2D eigenvalue weighted by atomic mass is 10.3. The molecule has 0 aliphatic carbocycles. The first-order valence-electron chi connectivity index (χ1n) is 6.88. The molecule has 124 valence electrons. The molecule has 7 nitrogen and oxygen atoms in total. The number of hydrogen-bond acceptors (Lipinski definition) is 3. The van der Waals surface area contributed by atoms with Crippen LogP contribution in [0, 0.1) is 0 Å². The summed E-state index contributed by atoms with van der Waals surface area (Å²) in [6.45, 7) is 7.03. The normalized spacial score (nSPS) is 10.7. The van der Waals surface area contributed by atoms with Crippen LogP contribution in [0.5, 0.6) is 0 Å². The van der Waals surface area contributed by atoms with E-state index in [9.17, 15) is 9.59 Å². The molecule has 0 fully saturated rings. The molecule has 21 heavy (non-hydrogen) atoms. The van der Waals surface area contributed by atoms with Crippen molar-refractivity contribution in [2.45, 2.75) is 33.2 Å². The van der Waals surface area contributed by atoms with E-state index in [1.54, 1.807) is 14.1 Å². The second-order valence-electron chi connectivity index (χ2n) is 4.88. The van der Waals surface area contributed by atoms with Crippen LogP contribution in [0.3, 0.4) is 0 Å². The number of nitrogens with zero attached hydrogens (tertiary/aromatic N) is 2. The first kappa shape index (κ1) is 22.2. The summed E-state index contributed by atoms with van der Waals surface area (Å²) in [7, 11) is 3.38. The molecule has 0 aromatic carbocycles. The molecule has 0 aliphatic rings. The van der Waals surface area contributed by atoms with Crippen molar-refractivity contribution >= 4 is 41.8 Å². The third-order valence-corrected chi connectivity index (χ3v) is 2.31. The van der Waals surface area contributed by atoms with Crippen LogP contribution in [0.2, 0.25) is 0 Å². The van der Waals surface area contributed by atoms with Gasteiger partial charge in [0.1, 0.15) is 6.54 Å². The fraction of sp³-hybridized carbons (Fsp3) is 0.769. The predicted octanol–water partition coefficient (Wildman–Crippen LogP) is 0.162. The van der Waals surface area contributed by atoms with Crippen molar-refractivity contribution in [3.8, 4) is 0 Å². The third kappa shape index (κ3) is 12.4. The van der Waals surface area contributed by atoms with Crippen molar-refractivity contribution in [2.24, 2.45) is 4.99 Å². The summed E-state index contributed by atoms with van der Waals surface area (Å²) in [5.41, 5.74) is 0. The first-order chi connectivity index (χ1) is 9.36. The number of nitrogens with one attached hydrogen (secondary N) is 3. The Morgan fingerprint density at radius 3 is 2.29 bits per heavy atom. The van der Waals surface area contributed by atoms with Gasteiger partial charge in [-0.15, -0.1) is 24.0 Å². The van der Waals surface area contributed by atoms with Gasteiger partial charge in [0.25, 0.3) is 0 Å². The van der Waals surface area contributed by atoms with E-state index in [2.05, 4.69) is 20.9 Å². The quantitative estimate of drug-likeness (QED) is 0.316. The minimum Gasteiger partial charge on any atom is -0.357 e. The van der Waals surface area contributed by atoms with Crippen molar-refractivity contribution in [2.75, 3.05) is 33.7 Å². The number of carbonyl (C=O) groups excluding carboxylic acids is 2. The highest BCUT2D eigenvalue weighted by atomic mass is 127. The van der Waals surface area contributed by atoms with Crippen LogP contribution in [-0.2, 0) is 9.59 Å². The maximum atomic E-state index is 11.5. The average molecular weight is 413 g/mol. The van der Waals surface area contributed by atoms with Gasteiger partial charge in [-0.2, -0.15) is 0 Å². The molecule has 0 radical (unpaired) electrons. The highest BCUT2D eigenvalue weighted by Crippen LogP contribution is 1.84. The molecule has 0 saturated heterocycles. The van der Waals surface area contributed by atoms with E-state index in [4.69, 9.17) is 0 Å². The molecule has 0 heterocycles. The first-order valence-corrected chi connectivity index (χ1v) is 6.88. The minimum absolute atomic E-state index is 0. The number of amides is 2. The van der Waals surface area contributed by atoms with E-state index in [0.717, 1.165) is 0 Å². The average Bonchev–Trinajstić information content (AvgIpc) is 2.34. The Hall–Kier alpha value is -1.06. The molecule has 0 aromatic rings. The van der Waals surface area contributed by atoms with Gasteiger partial charge < -0.3 is 20.9 Å². The lowest BCUT2D eigenvalue weighted by Crippen LogP contribution is -2.40. The van der Waals surface area contributed by atoms with E-state index in [1.165, 1.54) is 4.90 Å². The number of carbonyl (C=O) groups is 2.